The molecule has 1 atom stereocenters. The minimum atomic E-state index is -4.37. The van der Waals surface area contributed by atoms with Crippen LogP contribution in [0.5, 0.6) is 0 Å². The van der Waals surface area contributed by atoms with Gasteiger partial charge < -0.3 is 0 Å². The number of benzene rings is 1. The fourth-order valence-electron chi connectivity index (χ4n) is 3.19. The zero-order valence-corrected chi connectivity index (χ0v) is 14.7. The maximum atomic E-state index is 12.8. The van der Waals surface area contributed by atoms with Gasteiger partial charge in [-0.25, -0.2) is 18.5 Å². The van der Waals surface area contributed by atoms with Gasteiger partial charge in [0, 0.05) is 6.20 Å². The number of nitrogens with two attached hydrogens (primary N) is 1. The highest BCUT2D eigenvalue weighted by molar-refractivity contribution is 7.89. The van der Waals surface area contributed by atoms with E-state index < -0.39 is 21.8 Å². The van der Waals surface area contributed by atoms with Crippen molar-refractivity contribution in [2.45, 2.75) is 31.0 Å². The van der Waals surface area contributed by atoms with Gasteiger partial charge >= 0.3 is 6.18 Å². The van der Waals surface area contributed by atoms with E-state index in [1.54, 1.807) is 6.07 Å². The molecule has 3 rings (SSSR count). The number of aromatic nitrogens is 1. The summed E-state index contributed by atoms with van der Waals surface area (Å²) < 4.78 is 60.9. The molecule has 2 aromatic rings. The summed E-state index contributed by atoms with van der Waals surface area (Å²) in [5.41, 5.74) is 2.71. The Balaban J connectivity index is 2.00. The summed E-state index contributed by atoms with van der Waals surface area (Å²) in [6.07, 6.45) is -1.45. The summed E-state index contributed by atoms with van der Waals surface area (Å²) in [6, 6.07) is 8.07. The summed E-state index contributed by atoms with van der Waals surface area (Å²) in [4.78, 5) is 3.90. The molecule has 0 aliphatic heterocycles. The first-order valence-electron chi connectivity index (χ1n) is 7.94. The predicted molar refractivity (Wildman–Crippen MR) is 92.3 cm³/mol. The van der Waals surface area contributed by atoms with Gasteiger partial charge in [0.1, 0.15) is 0 Å². The van der Waals surface area contributed by atoms with Gasteiger partial charge in [0.05, 0.1) is 5.56 Å². The summed E-state index contributed by atoms with van der Waals surface area (Å²) in [5, 5.41) is 4.84. The van der Waals surface area contributed by atoms with Crippen LogP contribution in [0.25, 0.3) is 11.1 Å². The van der Waals surface area contributed by atoms with Crippen LogP contribution in [0.3, 0.4) is 0 Å². The fraction of sp³-hybridized carbons (Fsp3) is 0.278. The third-order valence-electron chi connectivity index (χ3n) is 4.41. The monoisotopic (exact) mass is 382 g/mol. The predicted octanol–water partition coefficient (Wildman–Crippen LogP) is 4.09. The van der Waals surface area contributed by atoms with Crippen LogP contribution in [-0.2, 0) is 16.2 Å². The van der Waals surface area contributed by atoms with Gasteiger partial charge in [-0.1, -0.05) is 25.1 Å². The number of primary sulfonamides is 1. The van der Waals surface area contributed by atoms with Crippen molar-refractivity contribution in [3.63, 3.8) is 0 Å². The highest BCUT2D eigenvalue weighted by Gasteiger charge is 2.30. The Morgan fingerprint density at radius 3 is 2.00 bits per heavy atom. The average molecular weight is 382 g/mol. The molecule has 0 amide bonds. The summed E-state index contributed by atoms with van der Waals surface area (Å²) in [7, 11) is -3.87. The topological polar surface area (TPSA) is 73.1 Å². The summed E-state index contributed by atoms with van der Waals surface area (Å²) in [5.74, 6) is 0.334. The number of hydrogen-bond acceptors (Lipinski definition) is 3. The molecule has 138 valence electrons. The number of allylic oxidation sites excluding steroid dienone is 2. The molecule has 0 bridgehead atoms. The Labute approximate surface area is 149 Å². The van der Waals surface area contributed by atoms with Gasteiger partial charge in [0.15, 0.2) is 5.03 Å². The van der Waals surface area contributed by atoms with Crippen LogP contribution in [0.2, 0.25) is 0 Å². The molecule has 0 radical (unpaired) electrons. The van der Waals surface area contributed by atoms with Gasteiger partial charge in [0.25, 0.3) is 10.0 Å². The van der Waals surface area contributed by atoms with Crippen molar-refractivity contribution in [2.75, 3.05) is 0 Å². The minimum absolute atomic E-state index is 0.219. The quantitative estimate of drug-likeness (QED) is 0.869. The molecule has 8 heteroatoms. The lowest BCUT2D eigenvalue weighted by molar-refractivity contribution is -0.137. The molecule has 0 saturated heterocycles. The SMILES string of the molecule is CC1CC(c2ccc(C(F)(F)F)cc2)=C(c2ccc(S(N)(=O)=O)nc2)C1. The Morgan fingerprint density at radius 2 is 1.54 bits per heavy atom. The molecule has 4 nitrogen and oxygen atoms in total. The lowest BCUT2D eigenvalue weighted by atomic mass is 9.97. The second-order valence-corrected chi connectivity index (χ2v) is 7.98. The van der Waals surface area contributed by atoms with Crippen LogP contribution < -0.4 is 5.14 Å². The van der Waals surface area contributed by atoms with E-state index in [2.05, 4.69) is 11.9 Å². The van der Waals surface area contributed by atoms with Crippen molar-refractivity contribution in [1.82, 2.24) is 4.98 Å². The van der Waals surface area contributed by atoms with E-state index in [9.17, 15) is 21.6 Å². The van der Waals surface area contributed by atoms with E-state index >= 15 is 0 Å². The van der Waals surface area contributed by atoms with Crippen LogP contribution in [-0.4, -0.2) is 13.4 Å². The van der Waals surface area contributed by atoms with Gasteiger partial charge in [-0.05, 0) is 59.2 Å². The summed E-state index contributed by atoms with van der Waals surface area (Å²) in [6.45, 7) is 2.06. The Hall–Kier alpha value is -2.19. The minimum Gasteiger partial charge on any atom is -0.243 e. The zero-order valence-electron chi connectivity index (χ0n) is 13.9. The zero-order chi connectivity index (χ0) is 19.1. The Bertz CT molecular complexity index is 947. The average Bonchev–Trinajstić information content (AvgIpc) is 2.95. The molecular weight excluding hydrogens is 365 g/mol. The standard InChI is InChI=1S/C18H17F3N2O2S/c1-11-8-15(12-2-5-14(6-3-12)18(19,20)21)16(9-11)13-4-7-17(23-10-13)26(22,24)25/h2-7,10-11H,8-9H2,1H3,(H2,22,24,25). The molecule has 1 heterocycles. The summed E-state index contributed by atoms with van der Waals surface area (Å²) >= 11 is 0. The Morgan fingerprint density at radius 1 is 1.00 bits per heavy atom. The number of alkyl halides is 3. The number of hydrogen-bond donors (Lipinski definition) is 1. The van der Waals surface area contributed by atoms with Crippen LogP contribution >= 0.6 is 0 Å². The highest BCUT2D eigenvalue weighted by atomic mass is 32.2. The maximum absolute atomic E-state index is 12.8. The third kappa shape index (κ3) is 3.81. The maximum Gasteiger partial charge on any atom is 0.416 e. The molecule has 0 saturated carbocycles. The van der Waals surface area contributed by atoms with Crippen LogP contribution in [0.1, 0.15) is 36.5 Å². The molecule has 1 aliphatic carbocycles. The Kier molecular flexibility index (Phi) is 4.66. The largest absolute Gasteiger partial charge is 0.416 e. The van der Waals surface area contributed by atoms with E-state index in [1.807, 2.05) is 0 Å². The van der Waals surface area contributed by atoms with E-state index in [0.717, 1.165) is 47.2 Å². The van der Waals surface area contributed by atoms with Crippen molar-refractivity contribution < 1.29 is 21.6 Å². The van der Waals surface area contributed by atoms with Gasteiger partial charge in [-0.15, -0.1) is 0 Å². The van der Waals surface area contributed by atoms with E-state index in [4.69, 9.17) is 5.14 Å². The number of sulfonamides is 1. The number of nitrogens with zero attached hydrogens (tertiary/aromatic N) is 1. The van der Waals surface area contributed by atoms with E-state index in [0.29, 0.717) is 5.92 Å². The fourth-order valence-corrected chi connectivity index (χ4v) is 3.64. The van der Waals surface area contributed by atoms with Gasteiger partial charge in [-0.3, -0.25) is 0 Å². The van der Waals surface area contributed by atoms with Crippen molar-refractivity contribution in [3.8, 4) is 0 Å². The second kappa shape index (κ2) is 6.51. The van der Waals surface area contributed by atoms with Crippen molar-refractivity contribution in [3.05, 3.63) is 59.3 Å². The molecule has 1 unspecified atom stereocenters. The molecule has 0 fully saturated rings. The molecular formula is C18H17F3N2O2S. The number of pyridine rings is 1. The number of rotatable bonds is 3. The first-order chi connectivity index (χ1) is 12.1. The van der Waals surface area contributed by atoms with E-state index in [-0.39, 0.29) is 5.03 Å². The first-order valence-corrected chi connectivity index (χ1v) is 9.49. The van der Waals surface area contributed by atoms with Crippen molar-refractivity contribution in [1.29, 1.82) is 0 Å². The molecule has 1 aromatic heterocycles. The highest BCUT2D eigenvalue weighted by Crippen LogP contribution is 2.43. The smallest absolute Gasteiger partial charge is 0.243 e. The molecule has 1 aromatic carbocycles. The first kappa shape index (κ1) is 18.6. The van der Waals surface area contributed by atoms with E-state index in [1.165, 1.54) is 24.4 Å². The van der Waals surface area contributed by atoms with Gasteiger partial charge in [0.2, 0.25) is 0 Å². The van der Waals surface area contributed by atoms with Crippen LogP contribution in [0.15, 0.2) is 47.6 Å². The van der Waals surface area contributed by atoms with Crippen LogP contribution in [0, 0.1) is 5.92 Å². The van der Waals surface area contributed by atoms with Crippen molar-refractivity contribution in [2.24, 2.45) is 11.1 Å². The third-order valence-corrected chi connectivity index (χ3v) is 5.23. The molecule has 26 heavy (non-hydrogen) atoms. The van der Waals surface area contributed by atoms with Crippen LogP contribution in [0.4, 0.5) is 13.2 Å². The van der Waals surface area contributed by atoms with Gasteiger partial charge in [-0.2, -0.15) is 13.2 Å². The lowest BCUT2D eigenvalue weighted by Crippen LogP contribution is -2.13. The normalized spacial score (nSPS) is 18.4. The molecule has 1 aliphatic rings. The lowest BCUT2D eigenvalue weighted by Gasteiger charge is -2.11. The number of halogens is 3. The molecule has 2 N–H and O–H groups in total. The molecule has 0 spiro atoms. The second-order valence-electron chi connectivity index (χ2n) is 6.48. The van der Waals surface area contributed by atoms with Crippen molar-refractivity contribution >= 4 is 21.2 Å².